The topological polar surface area (TPSA) is 58.6 Å². The fraction of sp³-hybridized carbons (Fsp3) is 0.481. The number of nitrogens with zero attached hydrogens (tertiary/aromatic N) is 1. The summed E-state index contributed by atoms with van der Waals surface area (Å²) in [5.41, 5.74) is 2.31. The molecule has 1 N–H and O–H groups in total. The van der Waals surface area contributed by atoms with Crippen LogP contribution in [0.25, 0.3) is 0 Å². The van der Waals surface area contributed by atoms with Gasteiger partial charge < -0.3 is 15.0 Å². The van der Waals surface area contributed by atoms with Gasteiger partial charge in [-0.2, -0.15) is 0 Å². The molecule has 2 amide bonds. The lowest BCUT2D eigenvalue weighted by Gasteiger charge is -2.29. The third kappa shape index (κ3) is 8.18. The zero-order chi connectivity index (χ0) is 24.6. The molecule has 0 aliphatic rings. The molecule has 2 atom stereocenters. The molecule has 0 radical (unpaired) electrons. The van der Waals surface area contributed by atoms with Crippen molar-refractivity contribution in [3.63, 3.8) is 0 Å². The molecule has 0 aliphatic heterocycles. The molecule has 0 aromatic heterocycles. The van der Waals surface area contributed by atoms with Crippen LogP contribution in [0.1, 0.15) is 59.1 Å². The van der Waals surface area contributed by atoms with Crippen molar-refractivity contribution in [1.29, 1.82) is 0 Å². The highest BCUT2D eigenvalue weighted by Crippen LogP contribution is 2.31. The second kappa shape index (κ2) is 12.2. The predicted octanol–water partition coefficient (Wildman–Crippen LogP) is 5.50. The second-order valence-electron chi connectivity index (χ2n) is 9.50. The van der Waals surface area contributed by atoms with Gasteiger partial charge in [0.15, 0.2) is 6.61 Å². The van der Waals surface area contributed by atoms with Crippen molar-refractivity contribution in [2.45, 2.75) is 71.9 Å². The summed E-state index contributed by atoms with van der Waals surface area (Å²) < 4.78 is 6.67. The van der Waals surface area contributed by atoms with E-state index < -0.39 is 6.04 Å². The van der Waals surface area contributed by atoms with Gasteiger partial charge >= 0.3 is 0 Å². The van der Waals surface area contributed by atoms with Crippen molar-refractivity contribution in [2.24, 2.45) is 0 Å². The van der Waals surface area contributed by atoms with E-state index in [1.165, 1.54) is 5.56 Å². The van der Waals surface area contributed by atoms with Crippen LogP contribution < -0.4 is 10.1 Å². The van der Waals surface area contributed by atoms with Crippen molar-refractivity contribution < 1.29 is 14.3 Å². The van der Waals surface area contributed by atoms with Gasteiger partial charge in [0.2, 0.25) is 5.91 Å². The van der Waals surface area contributed by atoms with Crippen molar-refractivity contribution in [3.05, 3.63) is 64.1 Å². The first-order valence-electron chi connectivity index (χ1n) is 11.6. The first kappa shape index (κ1) is 26.9. The summed E-state index contributed by atoms with van der Waals surface area (Å²) in [4.78, 5) is 27.6. The van der Waals surface area contributed by atoms with Crippen LogP contribution in [-0.2, 0) is 21.4 Å². The van der Waals surface area contributed by atoms with Crippen LogP contribution in [0.3, 0.4) is 0 Å². The monoisotopic (exact) mass is 516 g/mol. The smallest absolute Gasteiger partial charge is 0.261 e. The minimum Gasteiger partial charge on any atom is -0.483 e. The van der Waals surface area contributed by atoms with Crippen molar-refractivity contribution in [2.75, 3.05) is 13.2 Å². The Bertz CT molecular complexity index is 925. The number of halogens is 1. The molecule has 2 rings (SSSR count). The van der Waals surface area contributed by atoms with E-state index >= 15 is 0 Å². The Hall–Kier alpha value is -2.34. The molecular formula is C27H37BrN2O3. The summed E-state index contributed by atoms with van der Waals surface area (Å²) in [5, 5.41) is 2.98. The molecule has 0 bridgehead atoms. The highest BCUT2D eigenvalue weighted by atomic mass is 79.9. The van der Waals surface area contributed by atoms with Gasteiger partial charge in [0.05, 0.1) is 4.47 Å². The van der Waals surface area contributed by atoms with Gasteiger partial charge in [0, 0.05) is 12.6 Å². The zero-order valence-corrected chi connectivity index (χ0v) is 22.2. The van der Waals surface area contributed by atoms with Crippen LogP contribution in [0.2, 0.25) is 0 Å². The predicted molar refractivity (Wildman–Crippen MR) is 138 cm³/mol. The molecule has 0 aliphatic carbocycles. The third-order valence-electron chi connectivity index (χ3n) is 5.80. The maximum atomic E-state index is 13.2. The van der Waals surface area contributed by atoms with Crippen LogP contribution >= 0.6 is 15.9 Å². The lowest BCUT2D eigenvalue weighted by Crippen LogP contribution is -2.51. The molecule has 0 saturated heterocycles. The fourth-order valence-electron chi connectivity index (χ4n) is 3.34. The van der Waals surface area contributed by atoms with Gasteiger partial charge in [-0.25, -0.2) is 0 Å². The van der Waals surface area contributed by atoms with Crippen LogP contribution in [0.4, 0.5) is 0 Å². The van der Waals surface area contributed by atoms with Crippen LogP contribution in [-0.4, -0.2) is 41.9 Å². The second-order valence-corrected chi connectivity index (χ2v) is 10.4. The lowest BCUT2D eigenvalue weighted by atomic mass is 9.87. The Kier molecular flexibility index (Phi) is 9.96. The number of hydrogen-bond acceptors (Lipinski definition) is 3. The van der Waals surface area contributed by atoms with Crippen molar-refractivity contribution >= 4 is 27.7 Å². The Morgan fingerprint density at radius 2 is 1.76 bits per heavy atom. The molecule has 0 unspecified atom stereocenters. The average molecular weight is 518 g/mol. The van der Waals surface area contributed by atoms with Gasteiger partial charge in [0.25, 0.3) is 5.91 Å². The van der Waals surface area contributed by atoms with E-state index in [0.29, 0.717) is 18.7 Å². The van der Waals surface area contributed by atoms with Gasteiger partial charge in [0.1, 0.15) is 11.8 Å². The molecule has 180 valence electrons. The van der Waals surface area contributed by atoms with Crippen LogP contribution in [0, 0.1) is 0 Å². The molecule has 33 heavy (non-hydrogen) atoms. The molecule has 2 aromatic rings. The summed E-state index contributed by atoms with van der Waals surface area (Å²) in [6.07, 6.45) is 1.50. The molecule has 6 heteroatoms. The fourth-order valence-corrected chi connectivity index (χ4v) is 3.84. The van der Waals surface area contributed by atoms with Gasteiger partial charge in [-0.15, -0.1) is 0 Å². The van der Waals surface area contributed by atoms with Crippen molar-refractivity contribution in [1.82, 2.24) is 10.2 Å². The number of rotatable bonds is 10. The van der Waals surface area contributed by atoms with E-state index in [1.54, 1.807) is 11.8 Å². The molecular weight excluding hydrogens is 480 g/mol. The number of benzene rings is 2. The summed E-state index contributed by atoms with van der Waals surface area (Å²) in [7, 11) is 0. The Morgan fingerprint density at radius 3 is 2.33 bits per heavy atom. The number of hydrogen-bond donors (Lipinski definition) is 1. The van der Waals surface area contributed by atoms with Gasteiger partial charge in [-0.1, -0.05) is 64.1 Å². The standard InChI is InChI=1S/C27H37BrN2O3/c1-7-19(2)29-26(32)20(3)30(16-15-21-11-9-8-10-12-21)25(31)18-33-24-14-13-22(17-23(24)28)27(4,5)6/h8-14,17,19-20H,7,15-16,18H2,1-6H3,(H,29,32)/t19-,20-/m1/s1. The number of carbonyl (C=O) groups excluding carboxylic acids is 2. The minimum absolute atomic E-state index is 0.0174. The SMILES string of the molecule is CC[C@@H](C)NC(=O)[C@@H](C)N(CCc1ccccc1)C(=O)COc1ccc(C(C)(C)C)cc1Br. The normalized spacial score (nSPS) is 13.2. The van der Waals surface area contributed by atoms with E-state index in [2.05, 4.69) is 42.0 Å². The third-order valence-corrected chi connectivity index (χ3v) is 6.42. The van der Waals surface area contributed by atoms with Crippen molar-refractivity contribution in [3.8, 4) is 5.75 Å². The number of ether oxygens (including phenoxy) is 1. The summed E-state index contributed by atoms with van der Waals surface area (Å²) in [5.74, 6) is 0.238. The maximum Gasteiger partial charge on any atom is 0.261 e. The first-order chi connectivity index (χ1) is 15.5. The summed E-state index contributed by atoms with van der Waals surface area (Å²) >= 11 is 3.56. The molecule has 5 nitrogen and oxygen atoms in total. The molecule has 0 heterocycles. The first-order valence-corrected chi connectivity index (χ1v) is 12.4. The average Bonchev–Trinajstić information content (AvgIpc) is 2.78. The molecule has 0 fully saturated rings. The van der Waals surface area contributed by atoms with Gasteiger partial charge in [-0.3, -0.25) is 9.59 Å². The van der Waals surface area contributed by atoms with Crippen LogP contribution in [0.15, 0.2) is 53.0 Å². The minimum atomic E-state index is -0.592. The lowest BCUT2D eigenvalue weighted by molar-refractivity contribution is -0.141. The molecule has 0 spiro atoms. The van der Waals surface area contributed by atoms with Crippen LogP contribution in [0.5, 0.6) is 5.75 Å². The highest BCUT2D eigenvalue weighted by molar-refractivity contribution is 9.10. The molecule has 2 aromatic carbocycles. The zero-order valence-electron chi connectivity index (χ0n) is 20.7. The van der Waals surface area contributed by atoms with E-state index in [1.807, 2.05) is 62.4 Å². The Labute approximate surface area is 207 Å². The number of nitrogens with one attached hydrogen (secondary N) is 1. The Balaban J connectivity index is 2.12. The largest absolute Gasteiger partial charge is 0.483 e. The highest BCUT2D eigenvalue weighted by Gasteiger charge is 2.27. The Morgan fingerprint density at radius 1 is 1.09 bits per heavy atom. The molecule has 0 saturated carbocycles. The van der Waals surface area contributed by atoms with E-state index in [0.717, 1.165) is 16.5 Å². The quantitative estimate of drug-likeness (QED) is 0.453. The van der Waals surface area contributed by atoms with E-state index in [4.69, 9.17) is 4.74 Å². The summed E-state index contributed by atoms with van der Waals surface area (Å²) in [6.45, 7) is 12.5. The summed E-state index contributed by atoms with van der Waals surface area (Å²) in [6, 6.07) is 15.3. The number of carbonyl (C=O) groups is 2. The van der Waals surface area contributed by atoms with Gasteiger partial charge in [-0.05, 0) is 71.3 Å². The van der Waals surface area contributed by atoms with E-state index in [9.17, 15) is 9.59 Å². The van der Waals surface area contributed by atoms with E-state index in [-0.39, 0.29) is 29.9 Å². The maximum absolute atomic E-state index is 13.2. The number of amides is 2.